The van der Waals surface area contributed by atoms with Gasteiger partial charge in [0, 0.05) is 6.07 Å². The minimum Gasteiger partial charge on any atom is -0.345 e. The molecule has 0 fully saturated rings. The molecule has 13 heteroatoms. The van der Waals surface area contributed by atoms with Gasteiger partial charge in [0.15, 0.2) is 17.5 Å². The standard InChI is InChI=1S/C26H33F3N6O3S/c1-3-35(4-2)13-8-14-39(37,38)34-23(12-11-18-9-6-5-7-10-18)25-31-24(32-33-25)17-30-26(36)19-15-21(28)22(29)16-20(19)27/h5-7,9-10,15-16,23,34H,3-4,8,11-14,17H2,1-2H3,(H,30,36)(H,31,32,33)/t23-/m1/s1. The molecule has 39 heavy (non-hydrogen) atoms. The highest BCUT2D eigenvalue weighted by molar-refractivity contribution is 7.89. The van der Waals surface area contributed by atoms with Crippen LogP contribution in [0.15, 0.2) is 42.5 Å². The normalized spacial score (nSPS) is 12.6. The Bertz CT molecular complexity index is 1330. The lowest BCUT2D eigenvalue weighted by molar-refractivity contribution is 0.0945. The molecule has 1 atom stereocenters. The monoisotopic (exact) mass is 566 g/mol. The molecule has 0 saturated heterocycles. The van der Waals surface area contributed by atoms with Gasteiger partial charge in [-0.05, 0) is 50.5 Å². The van der Waals surface area contributed by atoms with Crippen molar-refractivity contribution in [3.8, 4) is 0 Å². The third-order valence-corrected chi connectivity index (χ3v) is 7.67. The van der Waals surface area contributed by atoms with E-state index in [1.165, 1.54) is 0 Å². The van der Waals surface area contributed by atoms with E-state index in [0.717, 1.165) is 18.7 Å². The number of nitrogens with one attached hydrogen (secondary N) is 3. The minimum absolute atomic E-state index is 0.0571. The number of sulfonamides is 1. The molecule has 1 amide bonds. The quantitative estimate of drug-likeness (QED) is 0.242. The summed E-state index contributed by atoms with van der Waals surface area (Å²) in [5.74, 6) is -4.64. The van der Waals surface area contributed by atoms with Crippen LogP contribution in [0, 0.1) is 17.5 Å². The number of aryl methyl sites for hydroxylation is 1. The smallest absolute Gasteiger partial charge is 0.254 e. The van der Waals surface area contributed by atoms with Crippen molar-refractivity contribution in [3.63, 3.8) is 0 Å². The van der Waals surface area contributed by atoms with Crippen molar-refractivity contribution in [3.05, 3.63) is 82.7 Å². The molecule has 1 aromatic heterocycles. The van der Waals surface area contributed by atoms with Crippen LogP contribution < -0.4 is 10.0 Å². The second-order valence-electron chi connectivity index (χ2n) is 8.96. The summed E-state index contributed by atoms with van der Waals surface area (Å²) < 4.78 is 69.0. The van der Waals surface area contributed by atoms with Gasteiger partial charge in [-0.25, -0.2) is 31.3 Å². The lowest BCUT2D eigenvalue weighted by Crippen LogP contribution is -2.33. The molecule has 0 bridgehead atoms. The van der Waals surface area contributed by atoms with Gasteiger partial charge in [0.2, 0.25) is 10.0 Å². The predicted molar refractivity (Wildman–Crippen MR) is 141 cm³/mol. The SMILES string of the molecule is CCN(CC)CCCS(=O)(=O)N[C@H](CCc1ccccc1)c1n[nH]c(CNC(=O)c2cc(F)c(F)cc2F)n1. The summed E-state index contributed by atoms with van der Waals surface area (Å²) in [6.45, 7) is 6.14. The van der Waals surface area contributed by atoms with E-state index in [1.807, 2.05) is 44.2 Å². The Kier molecular flexibility index (Phi) is 11.0. The van der Waals surface area contributed by atoms with Gasteiger partial charge in [-0.2, -0.15) is 5.10 Å². The summed E-state index contributed by atoms with van der Waals surface area (Å²) in [5.41, 5.74) is 0.353. The Balaban J connectivity index is 1.69. The summed E-state index contributed by atoms with van der Waals surface area (Å²) in [6.07, 6.45) is 1.40. The number of benzene rings is 2. The van der Waals surface area contributed by atoms with Crippen LogP contribution in [0.3, 0.4) is 0 Å². The van der Waals surface area contributed by atoms with Crippen LogP contribution in [0.1, 0.15) is 60.3 Å². The molecule has 3 aromatic rings. The van der Waals surface area contributed by atoms with Crippen LogP contribution in [0.25, 0.3) is 0 Å². The fraction of sp³-hybridized carbons (Fsp3) is 0.423. The van der Waals surface area contributed by atoms with Crippen molar-refractivity contribution in [1.82, 2.24) is 30.1 Å². The number of aromatic amines is 1. The Morgan fingerprint density at radius 2 is 1.74 bits per heavy atom. The maximum Gasteiger partial charge on any atom is 0.254 e. The number of amides is 1. The Morgan fingerprint density at radius 1 is 1.05 bits per heavy atom. The van der Waals surface area contributed by atoms with Gasteiger partial charge in [-0.15, -0.1) is 0 Å². The molecule has 3 N–H and O–H groups in total. The van der Waals surface area contributed by atoms with Crippen LogP contribution in [-0.2, 0) is 23.0 Å². The highest BCUT2D eigenvalue weighted by Gasteiger charge is 2.24. The van der Waals surface area contributed by atoms with Gasteiger partial charge >= 0.3 is 0 Å². The summed E-state index contributed by atoms with van der Waals surface area (Å²) in [4.78, 5) is 18.7. The minimum atomic E-state index is -3.66. The van der Waals surface area contributed by atoms with Crippen molar-refractivity contribution in [2.75, 3.05) is 25.4 Å². The fourth-order valence-electron chi connectivity index (χ4n) is 3.99. The van der Waals surface area contributed by atoms with Crippen molar-refractivity contribution >= 4 is 15.9 Å². The van der Waals surface area contributed by atoms with E-state index in [-0.39, 0.29) is 23.9 Å². The van der Waals surface area contributed by atoms with Gasteiger partial charge < -0.3 is 10.2 Å². The number of carbonyl (C=O) groups is 1. The van der Waals surface area contributed by atoms with Crippen LogP contribution in [-0.4, -0.2) is 59.8 Å². The number of rotatable bonds is 15. The van der Waals surface area contributed by atoms with Crippen molar-refractivity contribution in [1.29, 1.82) is 0 Å². The number of nitrogens with zero attached hydrogens (tertiary/aromatic N) is 3. The van der Waals surface area contributed by atoms with Gasteiger partial charge in [0.25, 0.3) is 5.91 Å². The lowest BCUT2D eigenvalue weighted by atomic mass is 10.1. The van der Waals surface area contributed by atoms with Gasteiger partial charge in [-0.1, -0.05) is 44.2 Å². The first-order valence-electron chi connectivity index (χ1n) is 12.7. The Hall–Kier alpha value is -3.29. The summed E-state index contributed by atoms with van der Waals surface area (Å²) in [5, 5.41) is 9.14. The summed E-state index contributed by atoms with van der Waals surface area (Å²) in [7, 11) is -3.66. The molecule has 0 saturated carbocycles. The number of hydrogen-bond donors (Lipinski definition) is 3. The maximum atomic E-state index is 13.9. The molecule has 3 rings (SSSR count). The Morgan fingerprint density at radius 3 is 2.44 bits per heavy atom. The maximum absolute atomic E-state index is 13.9. The largest absolute Gasteiger partial charge is 0.345 e. The second-order valence-corrected chi connectivity index (χ2v) is 10.8. The molecular formula is C26H33F3N6O3S. The van der Waals surface area contributed by atoms with E-state index in [2.05, 4.69) is 30.1 Å². The van der Waals surface area contributed by atoms with Gasteiger partial charge in [0.1, 0.15) is 11.6 Å². The van der Waals surface area contributed by atoms with Crippen molar-refractivity contribution in [2.24, 2.45) is 0 Å². The number of halogens is 3. The number of carbonyl (C=O) groups excluding carboxylic acids is 1. The molecule has 2 aromatic carbocycles. The van der Waals surface area contributed by atoms with E-state index in [1.54, 1.807) is 0 Å². The molecule has 0 spiro atoms. The molecular weight excluding hydrogens is 533 g/mol. The first kappa shape index (κ1) is 30.3. The molecule has 0 unspecified atom stereocenters. The van der Waals surface area contributed by atoms with E-state index in [9.17, 15) is 26.4 Å². The molecule has 0 aliphatic rings. The highest BCUT2D eigenvalue weighted by Crippen LogP contribution is 2.18. The fourth-order valence-corrected chi connectivity index (χ4v) is 5.27. The molecule has 1 heterocycles. The summed E-state index contributed by atoms with van der Waals surface area (Å²) >= 11 is 0. The van der Waals surface area contributed by atoms with Gasteiger partial charge in [0.05, 0.1) is 23.9 Å². The van der Waals surface area contributed by atoms with Crippen LogP contribution in [0.4, 0.5) is 13.2 Å². The van der Waals surface area contributed by atoms with E-state index in [0.29, 0.717) is 37.9 Å². The van der Waals surface area contributed by atoms with E-state index < -0.39 is 45.0 Å². The number of H-pyrrole nitrogens is 1. The third kappa shape index (κ3) is 9.15. The average Bonchev–Trinajstić information content (AvgIpc) is 3.39. The topological polar surface area (TPSA) is 120 Å². The predicted octanol–water partition coefficient (Wildman–Crippen LogP) is 3.48. The van der Waals surface area contributed by atoms with E-state index >= 15 is 0 Å². The first-order valence-corrected chi connectivity index (χ1v) is 14.4. The molecule has 212 valence electrons. The van der Waals surface area contributed by atoms with Crippen molar-refractivity contribution in [2.45, 2.75) is 45.7 Å². The zero-order chi connectivity index (χ0) is 28.4. The van der Waals surface area contributed by atoms with Crippen LogP contribution >= 0.6 is 0 Å². The summed E-state index contributed by atoms with van der Waals surface area (Å²) in [6, 6.07) is 9.58. The number of hydrogen-bond acceptors (Lipinski definition) is 6. The zero-order valence-corrected chi connectivity index (χ0v) is 22.7. The first-order chi connectivity index (χ1) is 18.6. The molecule has 9 nitrogen and oxygen atoms in total. The lowest BCUT2D eigenvalue weighted by Gasteiger charge is -2.19. The van der Waals surface area contributed by atoms with Crippen LogP contribution in [0.2, 0.25) is 0 Å². The third-order valence-electron chi connectivity index (χ3n) is 6.20. The second kappa shape index (κ2) is 14.2. The molecule has 0 aliphatic heterocycles. The van der Waals surface area contributed by atoms with Crippen LogP contribution in [0.5, 0.6) is 0 Å². The highest BCUT2D eigenvalue weighted by atomic mass is 32.2. The Labute approximate surface area is 226 Å². The van der Waals surface area contributed by atoms with E-state index in [4.69, 9.17) is 0 Å². The van der Waals surface area contributed by atoms with Crippen molar-refractivity contribution < 1.29 is 26.4 Å². The van der Waals surface area contributed by atoms with Gasteiger partial charge in [-0.3, -0.25) is 9.89 Å². The molecule has 0 radical (unpaired) electrons. The average molecular weight is 567 g/mol. The number of aromatic nitrogens is 3. The zero-order valence-electron chi connectivity index (χ0n) is 21.9. The molecule has 0 aliphatic carbocycles.